The monoisotopic (exact) mass is 441 g/mol. The van der Waals surface area contributed by atoms with Crippen LogP contribution in [-0.4, -0.2) is 12.3 Å². The summed E-state index contributed by atoms with van der Waals surface area (Å²) in [6.07, 6.45) is -1.04. The molecule has 1 aliphatic rings. The molecule has 168 valence electrons. The highest BCUT2D eigenvalue weighted by molar-refractivity contribution is 5.76. The molecule has 1 nitrogen and oxygen atoms in total. The van der Waals surface area contributed by atoms with Gasteiger partial charge in [-0.3, -0.25) is 0 Å². The molecule has 7 heteroatoms. The molecule has 1 aliphatic carbocycles. The predicted octanol–water partition coefficient (Wildman–Crippen LogP) is 7.98. The zero-order chi connectivity index (χ0) is 22.8. The van der Waals surface area contributed by atoms with Crippen LogP contribution in [0.3, 0.4) is 0 Å². The van der Waals surface area contributed by atoms with Crippen molar-refractivity contribution in [3.05, 3.63) is 71.3 Å². The van der Waals surface area contributed by atoms with Gasteiger partial charge in [-0.05, 0) is 53.6 Å². The van der Waals surface area contributed by atoms with Gasteiger partial charge in [-0.25, -0.2) is 17.6 Å². The fourth-order valence-electron chi connectivity index (χ4n) is 4.07. The second-order valence-corrected chi connectivity index (χ2v) is 8.21. The molecule has 2 aromatic rings. The molecular weight excluding hydrogens is 416 g/mol. The summed E-state index contributed by atoms with van der Waals surface area (Å²) in [5.41, 5.74) is 1.75. The van der Waals surface area contributed by atoms with E-state index in [-0.39, 0.29) is 17.0 Å². The number of rotatable bonds is 8. The predicted molar refractivity (Wildman–Crippen MR) is 111 cm³/mol. The summed E-state index contributed by atoms with van der Waals surface area (Å²) in [5, 5.41) is 2.91. The molecule has 0 amide bonds. The van der Waals surface area contributed by atoms with E-state index in [1.807, 2.05) is 0 Å². The van der Waals surface area contributed by atoms with Crippen LogP contribution in [-0.2, 0) is 12.3 Å². The zero-order valence-corrected chi connectivity index (χ0v) is 17.2. The topological polar surface area (TPSA) is 12.0 Å². The largest absolute Gasteiger partial charge is 0.356 e. The molecule has 0 heterocycles. The van der Waals surface area contributed by atoms with Gasteiger partial charge >= 0.3 is 12.3 Å². The standard InChI is InChI=1S/C24H25F6N/c1-15(31-19-9-5-6-16(12-19)14-24(29,30)22(25)26)18-10-11-20(17-7-3-4-8-17)21(13-18)23(2,27)28/h5-6,9-13,17,22,31H,1,3-4,7-8,14H2,2H3. The molecule has 0 atom stereocenters. The zero-order valence-electron chi connectivity index (χ0n) is 17.2. The highest BCUT2D eigenvalue weighted by Gasteiger charge is 2.40. The molecule has 1 N–H and O–H groups in total. The second-order valence-electron chi connectivity index (χ2n) is 8.21. The van der Waals surface area contributed by atoms with E-state index in [9.17, 15) is 26.3 Å². The number of hydrogen-bond donors (Lipinski definition) is 1. The number of halogens is 6. The van der Waals surface area contributed by atoms with Crippen molar-refractivity contribution < 1.29 is 26.3 Å². The number of hydrogen-bond acceptors (Lipinski definition) is 1. The summed E-state index contributed by atoms with van der Waals surface area (Å²) >= 11 is 0. The summed E-state index contributed by atoms with van der Waals surface area (Å²) in [5.74, 6) is -7.04. The Morgan fingerprint density at radius 3 is 2.35 bits per heavy atom. The number of anilines is 1. The molecule has 1 saturated carbocycles. The lowest BCUT2D eigenvalue weighted by Crippen LogP contribution is -2.29. The van der Waals surface area contributed by atoms with Gasteiger partial charge in [-0.1, -0.05) is 43.7 Å². The fraction of sp³-hybridized carbons (Fsp3) is 0.417. The number of nitrogens with one attached hydrogen (secondary N) is 1. The molecule has 0 spiro atoms. The van der Waals surface area contributed by atoms with Gasteiger partial charge in [-0.15, -0.1) is 0 Å². The Morgan fingerprint density at radius 2 is 1.74 bits per heavy atom. The van der Waals surface area contributed by atoms with Crippen molar-refractivity contribution >= 4 is 11.4 Å². The van der Waals surface area contributed by atoms with Crippen LogP contribution >= 0.6 is 0 Å². The summed E-state index contributed by atoms with van der Waals surface area (Å²) in [6, 6.07) is 10.5. The minimum atomic E-state index is -4.13. The summed E-state index contributed by atoms with van der Waals surface area (Å²) in [4.78, 5) is 0. The van der Waals surface area contributed by atoms with Crippen molar-refractivity contribution in [1.29, 1.82) is 0 Å². The fourth-order valence-corrected chi connectivity index (χ4v) is 4.07. The third kappa shape index (κ3) is 5.63. The van der Waals surface area contributed by atoms with Gasteiger partial charge < -0.3 is 5.32 Å². The highest BCUT2D eigenvalue weighted by atomic mass is 19.3. The van der Waals surface area contributed by atoms with Crippen molar-refractivity contribution in [2.24, 2.45) is 0 Å². The summed E-state index contributed by atoms with van der Waals surface area (Å²) in [7, 11) is 0. The molecular formula is C24H25F6N. The lowest BCUT2D eigenvalue weighted by atomic mass is 9.88. The minimum absolute atomic E-state index is 0.0282. The Labute approximate surface area is 178 Å². The van der Waals surface area contributed by atoms with Crippen molar-refractivity contribution in [3.8, 4) is 0 Å². The van der Waals surface area contributed by atoms with Crippen LogP contribution in [0.5, 0.6) is 0 Å². The van der Waals surface area contributed by atoms with E-state index < -0.39 is 24.7 Å². The molecule has 0 aliphatic heterocycles. The van der Waals surface area contributed by atoms with Crippen LogP contribution in [0.4, 0.5) is 32.0 Å². The Kier molecular flexibility index (Phi) is 6.72. The van der Waals surface area contributed by atoms with Gasteiger partial charge in [0.15, 0.2) is 0 Å². The lowest BCUT2D eigenvalue weighted by Gasteiger charge is -2.22. The van der Waals surface area contributed by atoms with Gasteiger partial charge in [-0.2, -0.15) is 8.78 Å². The summed E-state index contributed by atoms with van der Waals surface area (Å²) < 4.78 is 80.3. The molecule has 0 bridgehead atoms. The average Bonchev–Trinajstić information content (AvgIpc) is 3.21. The first kappa shape index (κ1) is 23.2. The number of alkyl halides is 6. The van der Waals surface area contributed by atoms with Gasteiger partial charge in [0.25, 0.3) is 5.92 Å². The maximum Gasteiger partial charge on any atom is 0.311 e. The normalized spacial score (nSPS) is 15.5. The smallest absolute Gasteiger partial charge is 0.311 e. The third-order valence-electron chi connectivity index (χ3n) is 5.65. The van der Waals surface area contributed by atoms with E-state index >= 15 is 0 Å². The quantitative estimate of drug-likeness (QED) is 0.410. The van der Waals surface area contributed by atoms with E-state index in [1.165, 1.54) is 24.3 Å². The Balaban J connectivity index is 1.81. The van der Waals surface area contributed by atoms with Crippen LogP contribution in [0.25, 0.3) is 5.70 Å². The average molecular weight is 441 g/mol. The van der Waals surface area contributed by atoms with E-state index in [0.29, 0.717) is 22.5 Å². The van der Waals surface area contributed by atoms with Gasteiger partial charge in [0, 0.05) is 30.3 Å². The second kappa shape index (κ2) is 8.97. The molecule has 31 heavy (non-hydrogen) atoms. The number of benzene rings is 2. The lowest BCUT2D eigenvalue weighted by molar-refractivity contribution is -0.127. The van der Waals surface area contributed by atoms with Gasteiger partial charge in [0.1, 0.15) is 0 Å². The molecule has 1 fully saturated rings. The maximum atomic E-state index is 14.3. The van der Waals surface area contributed by atoms with Crippen LogP contribution in [0, 0.1) is 0 Å². The van der Waals surface area contributed by atoms with E-state index in [4.69, 9.17) is 0 Å². The minimum Gasteiger partial charge on any atom is -0.356 e. The third-order valence-corrected chi connectivity index (χ3v) is 5.65. The van der Waals surface area contributed by atoms with Crippen molar-refractivity contribution in [2.45, 2.75) is 63.2 Å². The van der Waals surface area contributed by atoms with Crippen molar-refractivity contribution in [2.75, 3.05) is 5.32 Å². The molecule has 0 aromatic heterocycles. The van der Waals surface area contributed by atoms with E-state index in [1.54, 1.807) is 18.2 Å². The van der Waals surface area contributed by atoms with E-state index in [2.05, 4.69) is 11.9 Å². The molecule has 0 unspecified atom stereocenters. The van der Waals surface area contributed by atoms with E-state index in [0.717, 1.165) is 32.6 Å². The molecule has 0 radical (unpaired) electrons. The molecule has 0 saturated heterocycles. The first-order valence-corrected chi connectivity index (χ1v) is 10.2. The SMILES string of the molecule is C=C(Nc1cccc(CC(F)(F)C(F)F)c1)c1ccc(C2CCCC2)c(C(C)(F)F)c1. The van der Waals surface area contributed by atoms with Crippen molar-refractivity contribution in [1.82, 2.24) is 0 Å². The Morgan fingerprint density at radius 1 is 1.06 bits per heavy atom. The molecule has 2 aromatic carbocycles. The Hall–Kier alpha value is -2.44. The van der Waals surface area contributed by atoms with Crippen LogP contribution < -0.4 is 5.32 Å². The summed E-state index contributed by atoms with van der Waals surface area (Å²) in [6.45, 7) is 4.75. The highest BCUT2D eigenvalue weighted by Crippen LogP contribution is 2.41. The van der Waals surface area contributed by atoms with Crippen LogP contribution in [0.2, 0.25) is 0 Å². The molecule has 3 rings (SSSR count). The first-order valence-electron chi connectivity index (χ1n) is 10.2. The van der Waals surface area contributed by atoms with Crippen LogP contribution in [0.1, 0.15) is 60.8 Å². The Bertz CT molecular complexity index is 926. The van der Waals surface area contributed by atoms with Crippen LogP contribution in [0.15, 0.2) is 49.0 Å². The van der Waals surface area contributed by atoms with Crippen molar-refractivity contribution in [3.63, 3.8) is 0 Å². The first-order chi connectivity index (χ1) is 14.5. The maximum absolute atomic E-state index is 14.3. The van der Waals surface area contributed by atoms with Gasteiger partial charge in [0.05, 0.1) is 0 Å². The van der Waals surface area contributed by atoms with Gasteiger partial charge in [0.2, 0.25) is 0 Å².